The van der Waals surface area contributed by atoms with Crippen LogP contribution in [-0.4, -0.2) is 96.5 Å². The van der Waals surface area contributed by atoms with Gasteiger partial charge in [-0.15, -0.1) is 0 Å². The Morgan fingerprint density at radius 2 is 1.56 bits per heavy atom. The standard InChI is InChI=1S/C29H44N6O6/c1-18(2)25-29(41)31-19(3)26(38)33-23(17-36)28(40)32-22(14-20-8-5-4-6-9-20)27(39)30-12-13-35(16-24(37)34-25)15-21-10-7-11-21/h4-6,8-9,18-19,21-23,25,36H,7,10-17H2,1-3H3,(H,30,39)(H,31,41)(H,32,40)(H,33,38)(H,34,37)/t19-,22+,23-,25+/m0/s1. The average Bonchev–Trinajstić information content (AvgIpc) is 2.91. The van der Waals surface area contributed by atoms with Crippen molar-refractivity contribution >= 4 is 29.5 Å². The summed E-state index contributed by atoms with van der Waals surface area (Å²) < 4.78 is 0. The lowest BCUT2D eigenvalue weighted by Crippen LogP contribution is -2.60. The van der Waals surface area contributed by atoms with E-state index in [1.54, 1.807) is 13.8 Å². The monoisotopic (exact) mass is 572 g/mol. The number of carbonyl (C=O) groups excluding carboxylic acids is 5. The number of aliphatic hydroxyl groups excluding tert-OH is 1. The first-order valence-corrected chi connectivity index (χ1v) is 14.4. The number of nitrogens with zero attached hydrogens (tertiary/aromatic N) is 1. The van der Waals surface area contributed by atoms with Crippen molar-refractivity contribution < 1.29 is 29.1 Å². The van der Waals surface area contributed by atoms with E-state index in [1.807, 2.05) is 35.2 Å². The van der Waals surface area contributed by atoms with Gasteiger partial charge in [0.25, 0.3) is 0 Å². The van der Waals surface area contributed by atoms with Gasteiger partial charge >= 0.3 is 0 Å². The maximum Gasteiger partial charge on any atom is 0.245 e. The lowest BCUT2D eigenvalue weighted by molar-refractivity contribution is -0.135. The Balaban J connectivity index is 1.84. The maximum absolute atomic E-state index is 13.3. The van der Waals surface area contributed by atoms with E-state index < -0.39 is 54.4 Å². The van der Waals surface area contributed by atoms with Gasteiger partial charge in [-0.05, 0) is 37.2 Å². The molecule has 1 saturated heterocycles. The Morgan fingerprint density at radius 3 is 2.17 bits per heavy atom. The Hall–Kier alpha value is -3.51. The number of nitrogens with one attached hydrogen (secondary N) is 5. The molecule has 12 heteroatoms. The molecule has 6 N–H and O–H groups in total. The van der Waals surface area contributed by atoms with Gasteiger partial charge in [-0.2, -0.15) is 0 Å². The second kappa shape index (κ2) is 15.5. The molecule has 4 atom stereocenters. The molecule has 2 fully saturated rings. The number of amides is 5. The van der Waals surface area contributed by atoms with Crippen molar-refractivity contribution in [2.75, 3.05) is 32.8 Å². The van der Waals surface area contributed by atoms with E-state index in [4.69, 9.17) is 0 Å². The van der Waals surface area contributed by atoms with E-state index in [2.05, 4.69) is 26.6 Å². The van der Waals surface area contributed by atoms with Crippen molar-refractivity contribution in [2.24, 2.45) is 11.8 Å². The summed E-state index contributed by atoms with van der Waals surface area (Å²) in [5, 5.41) is 23.2. The molecule has 2 aliphatic rings. The van der Waals surface area contributed by atoms with Crippen LogP contribution < -0.4 is 26.6 Å². The van der Waals surface area contributed by atoms with Crippen LogP contribution in [0.15, 0.2) is 30.3 Å². The summed E-state index contributed by atoms with van der Waals surface area (Å²) in [6.45, 7) is 5.73. The minimum atomic E-state index is -1.34. The predicted molar refractivity (Wildman–Crippen MR) is 152 cm³/mol. The van der Waals surface area contributed by atoms with Crippen LogP contribution in [0.25, 0.3) is 0 Å². The fraction of sp³-hybridized carbons (Fsp3) is 0.621. The highest BCUT2D eigenvalue weighted by atomic mass is 16.3. The van der Waals surface area contributed by atoms with Gasteiger partial charge in [-0.1, -0.05) is 50.6 Å². The average molecular weight is 573 g/mol. The molecule has 0 bridgehead atoms. The molecule has 41 heavy (non-hydrogen) atoms. The summed E-state index contributed by atoms with van der Waals surface area (Å²) in [6.07, 6.45) is 3.51. The van der Waals surface area contributed by atoms with Crippen molar-refractivity contribution in [2.45, 2.75) is 70.6 Å². The summed E-state index contributed by atoms with van der Waals surface area (Å²) in [5.74, 6) is -2.47. The minimum Gasteiger partial charge on any atom is -0.394 e. The zero-order chi connectivity index (χ0) is 29.9. The summed E-state index contributed by atoms with van der Waals surface area (Å²) in [4.78, 5) is 67.2. The fourth-order valence-corrected chi connectivity index (χ4v) is 4.88. The molecule has 0 spiro atoms. The van der Waals surface area contributed by atoms with Gasteiger partial charge in [-0.3, -0.25) is 28.9 Å². The molecule has 226 valence electrons. The first kappa shape index (κ1) is 32.0. The Bertz CT molecular complexity index is 1060. The van der Waals surface area contributed by atoms with Crippen molar-refractivity contribution in [3.63, 3.8) is 0 Å². The van der Waals surface area contributed by atoms with Gasteiger partial charge in [0.1, 0.15) is 24.2 Å². The van der Waals surface area contributed by atoms with Crippen LogP contribution in [0.1, 0.15) is 45.6 Å². The molecule has 1 aliphatic carbocycles. The normalized spacial score (nSPS) is 26.5. The molecule has 1 aromatic carbocycles. The summed E-state index contributed by atoms with van der Waals surface area (Å²) >= 11 is 0. The highest BCUT2D eigenvalue weighted by Crippen LogP contribution is 2.27. The van der Waals surface area contributed by atoms with Crippen LogP contribution in [-0.2, 0) is 30.4 Å². The molecule has 0 aromatic heterocycles. The smallest absolute Gasteiger partial charge is 0.245 e. The molecular weight excluding hydrogens is 528 g/mol. The molecule has 1 aliphatic heterocycles. The molecule has 3 rings (SSSR count). The van der Waals surface area contributed by atoms with Crippen LogP contribution in [0, 0.1) is 11.8 Å². The molecule has 1 saturated carbocycles. The van der Waals surface area contributed by atoms with Crippen LogP contribution >= 0.6 is 0 Å². The predicted octanol–water partition coefficient (Wildman–Crippen LogP) is -0.932. The first-order chi connectivity index (χ1) is 19.6. The zero-order valence-corrected chi connectivity index (χ0v) is 24.2. The van der Waals surface area contributed by atoms with E-state index in [1.165, 1.54) is 6.92 Å². The highest BCUT2D eigenvalue weighted by molar-refractivity contribution is 5.95. The SMILES string of the molecule is CC(C)[C@H]1NC(=O)CN(CC2CCC2)CCNC(=O)[C@@H](Cc2ccccc2)NC(=O)[C@H](CO)NC(=O)[C@H](C)NC1=O. The molecule has 5 amide bonds. The van der Waals surface area contributed by atoms with E-state index >= 15 is 0 Å². The lowest BCUT2D eigenvalue weighted by Gasteiger charge is -2.33. The van der Waals surface area contributed by atoms with E-state index in [0.29, 0.717) is 19.0 Å². The molecule has 1 heterocycles. The number of hydrogen-bond acceptors (Lipinski definition) is 7. The second-order valence-corrected chi connectivity index (χ2v) is 11.3. The number of carbonyl (C=O) groups is 5. The van der Waals surface area contributed by atoms with Gasteiger partial charge in [0.05, 0.1) is 13.2 Å². The topological polar surface area (TPSA) is 169 Å². The molecule has 0 unspecified atom stereocenters. The molecular formula is C29H44N6O6. The van der Waals surface area contributed by atoms with Gasteiger partial charge in [0.15, 0.2) is 0 Å². The minimum absolute atomic E-state index is 0.0568. The van der Waals surface area contributed by atoms with Crippen molar-refractivity contribution in [1.29, 1.82) is 0 Å². The van der Waals surface area contributed by atoms with Gasteiger partial charge < -0.3 is 31.7 Å². The highest BCUT2D eigenvalue weighted by Gasteiger charge is 2.31. The van der Waals surface area contributed by atoms with Crippen LogP contribution in [0.5, 0.6) is 0 Å². The summed E-state index contributed by atoms with van der Waals surface area (Å²) in [6, 6.07) is 4.93. The summed E-state index contributed by atoms with van der Waals surface area (Å²) in [5.41, 5.74) is 0.819. The van der Waals surface area contributed by atoms with Crippen molar-refractivity contribution in [1.82, 2.24) is 31.5 Å². The van der Waals surface area contributed by atoms with Crippen molar-refractivity contribution in [3.05, 3.63) is 35.9 Å². The summed E-state index contributed by atoms with van der Waals surface area (Å²) in [7, 11) is 0. The number of aliphatic hydroxyl groups is 1. The third-order valence-corrected chi connectivity index (χ3v) is 7.58. The quantitative estimate of drug-likeness (QED) is 0.256. The molecule has 12 nitrogen and oxygen atoms in total. The third kappa shape index (κ3) is 9.82. The largest absolute Gasteiger partial charge is 0.394 e. The van der Waals surface area contributed by atoms with Crippen LogP contribution in [0.4, 0.5) is 0 Å². The van der Waals surface area contributed by atoms with Gasteiger partial charge in [0, 0.05) is 26.1 Å². The third-order valence-electron chi connectivity index (χ3n) is 7.58. The molecule has 0 radical (unpaired) electrons. The maximum atomic E-state index is 13.3. The Morgan fingerprint density at radius 1 is 0.878 bits per heavy atom. The molecule has 1 aromatic rings. The number of hydrogen-bond donors (Lipinski definition) is 6. The lowest BCUT2D eigenvalue weighted by atomic mass is 9.85. The van der Waals surface area contributed by atoms with Gasteiger partial charge in [-0.25, -0.2) is 0 Å². The zero-order valence-electron chi connectivity index (χ0n) is 24.2. The van der Waals surface area contributed by atoms with E-state index in [9.17, 15) is 29.1 Å². The fourth-order valence-electron chi connectivity index (χ4n) is 4.88. The first-order valence-electron chi connectivity index (χ1n) is 14.4. The van der Waals surface area contributed by atoms with E-state index in [0.717, 1.165) is 24.8 Å². The number of rotatable bonds is 6. The van der Waals surface area contributed by atoms with Crippen molar-refractivity contribution in [3.8, 4) is 0 Å². The van der Waals surface area contributed by atoms with Crippen LogP contribution in [0.3, 0.4) is 0 Å². The Kier molecular flexibility index (Phi) is 12.1. The van der Waals surface area contributed by atoms with E-state index in [-0.39, 0.29) is 31.3 Å². The van der Waals surface area contributed by atoms with Crippen LogP contribution in [0.2, 0.25) is 0 Å². The Labute approximate surface area is 241 Å². The van der Waals surface area contributed by atoms with Gasteiger partial charge in [0.2, 0.25) is 29.5 Å². The number of benzene rings is 1. The second-order valence-electron chi connectivity index (χ2n) is 11.3.